The van der Waals surface area contributed by atoms with Crippen molar-refractivity contribution in [3.05, 3.63) is 27.4 Å². The van der Waals surface area contributed by atoms with Gasteiger partial charge in [0, 0.05) is 22.4 Å². The molecule has 0 bridgehead atoms. The van der Waals surface area contributed by atoms with Crippen LogP contribution < -0.4 is 4.85 Å². The lowest BCUT2D eigenvalue weighted by atomic mass is 10.3. The van der Waals surface area contributed by atoms with Gasteiger partial charge in [0.05, 0.1) is 5.02 Å². The maximum atomic E-state index is 11.5. The smallest absolute Gasteiger partial charge is 0.314 e. The largest absolute Gasteiger partial charge is 0.594 e. The van der Waals surface area contributed by atoms with Crippen molar-refractivity contribution in [3.8, 4) is 0 Å². The van der Waals surface area contributed by atoms with Crippen LogP contribution in [0.4, 0.5) is 0 Å². The molecule has 0 aliphatic rings. The number of benzene rings is 1. The first-order chi connectivity index (χ1) is 7.79. The molecule has 1 heterocycles. The predicted molar refractivity (Wildman–Crippen MR) is 61.6 cm³/mol. The second kappa shape index (κ2) is 3.94. The Morgan fingerprint density at radius 1 is 1.35 bits per heavy atom. The van der Waals surface area contributed by atoms with E-state index in [2.05, 4.69) is 10.1 Å². The Hall–Kier alpha value is -1.18. The molecule has 17 heavy (non-hydrogen) atoms. The fourth-order valence-electron chi connectivity index (χ4n) is 1.22. The number of nitrogens with zero attached hydrogens (tertiary/aromatic N) is 3. The SMILES string of the molecule is CS(=O)(=O)c1nc2c(Cl)cc(Cl)cc2[n+]([O-])n1. The third-order valence-electron chi connectivity index (χ3n) is 1.93. The zero-order valence-corrected chi connectivity index (χ0v) is 10.7. The summed E-state index contributed by atoms with van der Waals surface area (Å²) < 4.78 is 22.5. The van der Waals surface area contributed by atoms with Gasteiger partial charge in [0.15, 0.2) is 5.52 Å². The van der Waals surface area contributed by atoms with Crippen molar-refractivity contribution in [3.63, 3.8) is 0 Å². The van der Waals surface area contributed by atoms with Gasteiger partial charge in [-0.3, -0.25) is 0 Å². The molecule has 0 amide bonds. The highest BCUT2D eigenvalue weighted by Gasteiger charge is 2.20. The number of hydrogen-bond donors (Lipinski definition) is 0. The fourth-order valence-corrected chi connectivity index (χ4v) is 2.22. The van der Waals surface area contributed by atoms with Crippen LogP contribution in [-0.2, 0) is 9.84 Å². The van der Waals surface area contributed by atoms with Crippen molar-refractivity contribution < 1.29 is 13.3 Å². The highest BCUT2D eigenvalue weighted by atomic mass is 35.5. The Bertz CT molecular complexity index is 718. The molecule has 0 fully saturated rings. The molecular formula is C8H5Cl2N3O3S. The van der Waals surface area contributed by atoms with Crippen LogP contribution in [0.25, 0.3) is 11.0 Å². The molecule has 6 nitrogen and oxygen atoms in total. The molecule has 2 rings (SSSR count). The van der Waals surface area contributed by atoms with Gasteiger partial charge < -0.3 is 5.21 Å². The topological polar surface area (TPSA) is 86.9 Å². The van der Waals surface area contributed by atoms with Crippen LogP contribution in [0.3, 0.4) is 0 Å². The van der Waals surface area contributed by atoms with Crippen molar-refractivity contribution in [2.75, 3.05) is 6.26 Å². The summed E-state index contributed by atoms with van der Waals surface area (Å²) in [4.78, 5) is 3.87. The highest BCUT2D eigenvalue weighted by molar-refractivity contribution is 7.90. The summed E-state index contributed by atoms with van der Waals surface area (Å²) in [6.45, 7) is 0. The zero-order chi connectivity index (χ0) is 12.8. The lowest BCUT2D eigenvalue weighted by Crippen LogP contribution is -2.34. The molecule has 1 aromatic carbocycles. The van der Waals surface area contributed by atoms with E-state index in [0.29, 0.717) is 0 Å². The molecule has 0 unspecified atom stereocenters. The van der Waals surface area contributed by atoms with E-state index in [0.717, 1.165) is 6.26 Å². The minimum absolute atomic E-state index is 0.00917. The van der Waals surface area contributed by atoms with Crippen molar-refractivity contribution in [2.45, 2.75) is 5.16 Å². The van der Waals surface area contributed by atoms with E-state index in [4.69, 9.17) is 23.2 Å². The Labute approximate surface area is 106 Å². The highest BCUT2D eigenvalue weighted by Crippen LogP contribution is 2.24. The first-order valence-electron chi connectivity index (χ1n) is 4.26. The first-order valence-corrected chi connectivity index (χ1v) is 6.90. The second-order valence-electron chi connectivity index (χ2n) is 3.29. The van der Waals surface area contributed by atoms with Gasteiger partial charge in [0.1, 0.15) is 0 Å². The Morgan fingerprint density at radius 3 is 2.59 bits per heavy atom. The lowest BCUT2D eigenvalue weighted by molar-refractivity contribution is -0.647. The van der Waals surface area contributed by atoms with Gasteiger partial charge in [0.2, 0.25) is 9.84 Å². The molecule has 90 valence electrons. The summed E-state index contributed by atoms with van der Waals surface area (Å²) in [5, 5.41) is 14.6. The van der Waals surface area contributed by atoms with E-state index in [-0.39, 0.29) is 25.9 Å². The monoisotopic (exact) mass is 293 g/mol. The number of aromatic nitrogens is 3. The van der Waals surface area contributed by atoms with Crippen molar-refractivity contribution in [2.24, 2.45) is 0 Å². The molecule has 0 saturated heterocycles. The van der Waals surface area contributed by atoms with E-state index in [9.17, 15) is 13.6 Å². The van der Waals surface area contributed by atoms with Gasteiger partial charge in [-0.15, -0.1) is 0 Å². The summed E-state index contributed by atoms with van der Waals surface area (Å²) in [5.41, 5.74) is 0.0522. The van der Waals surface area contributed by atoms with Crippen molar-refractivity contribution >= 4 is 44.1 Å². The van der Waals surface area contributed by atoms with Crippen LogP contribution in [0, 0.1) is 5.21 Å². The third-order valence-corrected chi connectivity index (χ3v) is 3.27. The molecule has 9 heteroatoms. The predicted octanol–water partition coefficient (Wildman–Crippen LogP) is 0.974. The van der Waals surface area contributed by atoms with Gasteiger partial charge in [-0.1, -0.05) is 23.2 Å². The second-order valence-corrected chi connectivity index (χ2v) is 6.05. The molecule has 0 saturated carbocycles. The maximum Gasteiger partial charge on any atom is 0.314 e. The first kappa shape index (κ1) is 12.3. The fraction of sp³-hybridized carbons (Fsp3) is 0.125. The van der Waals surface area contributed by atoms with E-state index >= 15 is 0 Å². The standard InChI is InChI=1S/C8H5Cl2N3O3S/c1-17(15,16)8-11-7-5(10)2-4(9)3-6(7)13(14)12-8/h2-3H,1H3. The quantitative estimate of drug-likeness (QED) is 0.578. The maximum absolute atomic E-state index is 11.5. The Kier molecular flexibility index (Phi) is 2.84. The summed E-state index contributed by atoms with van der Waals surface area (Å²) in [6.07, 6.45) is 0.901. The summed E-state index contributed by atoms with van der Waals surface area (Å²) in [6, 6.07) is 2.67. The van der Waals surface area contributed by atoms with Gasteiger partial charge >= 0.3 is 5.16 Å². The summed E-state index contributed by atoms with van der Waals surface area (Å²) in [7, 11) is -3.68. The Morgan fingerprint density at radius 2 is 2.00 bits per heavy atom. The van der Waals surface area contributed by atoms with E-state index in [1.807, 2.05) is 0 Å². The average molecular weight is 294 g/mol. The van der Waals surface area contributed by atoms with Crippen LogP contribution in [0.1, 0.15) is 0 Å². The van der Waals surface area contributed by atoms with Gasteiger partial charge in [-0.05, 0) is 10.9 Å². The number of fused-ring (bicyclic) bond motifs is 1. The number of halogens is 2. The molecule has 0 atom stereocenters. The summed E-state index contributed by atoms with van der Waals surface area (Å²) in [5.74, 6) is 0. The summed E-state index contributed by atoms with van der Waals surface area (Å²) >= 11 is 11.5. The molecule has 0 spiro atoms. The number of hydrogen-bond acceptors (Lipinski definition) is 5. The molecule has 0 aliphatic heterocycles. The van der Waals surface area contributed by atoms with Crippen LogP contribution >= 0.6 is 23.2 Å². The number of sulfone groups is 1. The van der Waals surface area contributed by atoms with Crippen LogP contribution in [0.5, 0.6) is 0 Å². The molecule has 1 aromatic heterocycles. The molecule has 0 N–H and O–H groups in total. The molecular weight excluding hydrogens is 289 g/mol. The molecule has 0 aliphatic carbocycles. The van der Waals surface area contributed by atoms with Crippen LogP contribution in [-0.4, -0.2) is 24.8 Å². The van der Waals surface area contributed by atoms with Gasteiger partial charge in [-0.25, -0.2) is 13.4 Å². The Balaban J connectivity index is 2.92. The molecule has 0 radical (unpaired) electrons. The van der Waals surface area contributed by atoms with Crippen molar-refractivity contribution in [1.82, 2.24) is 10.1 Å². The van der Waals surface area contributed by atoms with E-state index < -0.39 is 15.0 Å². The number of rotatable bonds is 1. The third kappa shape index (κ3) is 2.26. The van der Waals surface area contributed by atoms with Crippen LogP contribution in [0.2, 0.25) is 10.0 Å². The normalized spacial score (nSPS) is 11.9. The van der Waals surface area contributed by atoms with Gasteiger partial charge in [0.25, 0.3) is 5.52 Å². The zero-order valence-electron chi connectivity index (χ0n) is 8.39. The average Bonchev–Trinajstić information content (AvgIpc) is 2.17. The van der Waals surface area contributed by atoms with Crippen LogP contribution in [0.15, 0.2) is 17.3 Å². The lowest BCUT2D eigenvalue weighted by Gasteiger charge is -2.02. The van der Waals surface area contributed by atoms with Gasteiger partial charge in [-0.2, -0.15) is 0 Å². The minimum Gasteiger partial charge on any atom is -0.594 e. The van der Waals surface area contributed by atoms with E-state index in [1.54, 1.807) is 0 Å². The van der Waals surface area contributed by atoms with Crippen molar-refractivity contribution in [1.29, 1.82) is 0 Å². The molecule has 2 aromatic rings. The van der Waals surface area contributed by atoms with E-state index in [1.165, 1.54) is 12.1 Å². The minimum atomic E-state index is -3.68.